The largest absolute Gasteiger partial charge is 0.472 e. The summed E-state index contributed by atoms with van der Waals surface area (Å²) in [5.74, 6) is -0.185. The number of likely N-dealkylation sites (N-methyl/N-ethyl adjacent to an activating group) is 1. The molecule has 3 unspecified atom stereocenters. The van der Waals surface area contributed by atoms with Crippen molar-refractivity contribution in [2.24, 2.45) is 0 Å². The third-order valence-electron chi connectivity index (χ3n) is 8.67. The zero-order chi connectivity index (χ0) is 35.8. The molecule has 284 valence electrons. The summed E-state index contributed by atoms with van der Waals surface area (Å²) < 4.78 is 23.4. The van der Waals surface area contributed by atoms with Gasteiger partial charge in [0, 0.05) is 6.42 Å². The molecule has 0 saturated carbocycles. The summed E-state index contributed by atoms with van der Waals surface area (Å²) in [6.07, 6.45) is 35.4. The summed E-state index contributed by atoms with van der Waals surface area (Å²) in [5.41, 5.74) is 0. The molecule has 0 aromatic rings. The number of hydrogen-bond donors (Lipinski definition) is 3. The lowest BCUT2D eigenvalue weighted by molar-refractivity contribution is -0.870. The van der Waals surface area contributed by atoms with Crippen LogP contribution in [0, 0.1) is 0 Å². The van der Waals surface area contributed by atoms with E-state index in [0.717, 1.165) is 38.5 Å². The SMILES string of the molecule is CCCCCCC/C=C/C(O)C(COP(=O)(O)OCC[N+](C)(C)C)NC(=O)CCCCCCCCCCC/C=C\CCCCCCCC. The molecule has 0 fully saturated rings. The van der Waals surface area contributed by atoms with Crippen LogP contribution in [-0.4, -0.2) is 73.4 Å². The number of amides is 1. The molecule has 0 aromatic heterocycles. The third-order valence-corrected chi connectivity index (χ3v) is 9.65. The van der Waals surface area contributed by atoms with E-state index in [1.165, 1.54) is 109 Å². The van der Waals surface area contributed by atoms with Crippen molar-refractivity contribution < 1.29 is 32.9 Å². The summed E-state index contributed by atoms with van der Waals surface area (Å²) in [6.45, 7) is 4.73. The minimum absolute atomic E-state index is 0.0613. The first kappa shape index (κ1) is 47.0. The molecule has 8 nitrogen and oxygen atoms in total. The molecular formula is C39H78N2O6P+. The third kappa shape index (κ3) is 33.5. The lowest BCUT2D eigenvalue weighted by Crippen LogP contribution is -2.45. The quantitative estimate of drug-likeness (QED) is 0.0263. The van der Waals surface area contributed by atoms with Crippen LogP contribution >= 0.6 is 7.82 Å². The number of quaternary nitrogens is 1. The number of nitrogens with one attached hydrogen (secondary N) is 1. The molecule has 0 aliphatic heterocycles. The number of rotatable bonds is 35. The Morgan fingerprint density at radius 3 is 1.60 bits per heavy atom. The van der Waals surface area contributed by atoms with Crippen molar-refractivity contribution in [2.45, 2.75) is 180 Å². The highest BCUT2D eigenvalue weighted by atomic mass is 31.2. The summed E-state index contributed by atoms with van der Waals surface area (Å²) in [7, 11) is 1.57. The van der Waals surface area contributed by atoms with Gasteiger partial charge in [-0.1, -0.05) is 141 Å². The molecule has 0 heterocycles. The van der Waals surface area contributed by atoms with E-state index in [9.17, 15) is 19.4 Å². The van der Waals surface area contributed by atoms with Crippen molar-refractivity contribution >= 4 is 13.7 Å². The number of unbranched alkanes of at least 4 members (excludes halogenated alkanes) is 20. The topological polar surface area (TPSA) is 105 Å². The van der Waals surface area contributed by atoms with E-state index in [0.29, 0.717) is 17.4 Å². The zero-order valence-electron chi connectivity index (χ0n) is 32.0. The van der Waals surface area contributed by atoms with E-state index in [1.807, 2.05) is 27.2 Å². The van der Waals surface area contributed by atoms with Crippen LogP contribution in [0.3, 0.4) is 0 Å². The van der Waals surface area contributed by atoms with Crippen LogP contribution in [0.4, 0.5) is 0 Å². The number of nitrogens with zero attached hydrogens (tertiary/aromatic N) is 1. The predicted molar refractivity (Wildman–Crippen MR) is 203 cm³/mol. The van der Waals surface area contributed by atoms with Crippen LogP contribution in [-0.2, 0) is 18.4 Å². The first-order chi connectivity index (χ1) is 23.0. The Bertz CT molecular complexity index is 845. The second-order valence-electron chi connectivity index (χ2n) is 14.7. The normalized spacial score (nSPS) is 14.9. The van der Waals surface area contributed by atoms with Gasteiger partial charge in [0.1, 0.15) is 13.2 Å². The Morgan fingerprint density at radius 2 is 1.12 bits per heavy atom. The Kier molecular flexibility index (Phi) is 31.2. The molecule has 3 atom stereocenters. The monoisotopic (exact) mass is 702 g/mol. The zero-order valence-corrected chi connectivity index (χ0v) is 32.9. The van der Waals surface area contributed by atoms with Crippen molar-refractivity contribution in [3.63, 3.8) is 0 Å². The molecule has 0 rings (SSSR count). The molecule has 0 saturated heterocycles. The highest BCUT2D eigenvalue weighted by Crippen LogP contribution is 2.43. The molecule has 9 heteroatoms. The van der Waals surface area contributed by atoms with E-state index >= 15 is 0 Å². The highest BCUT2D eigenvalue weighted by molar-refractivity contribution is 7.47. The van der Waals surface area contributed by atoms with Gasteiger partial charge in [-0.05, 0) is 44.9 Å². The standard InChI is InChI=1S/C39H77N2O6P/c1-6-8-10-12-14-15-16-17-18-19-20-21-22-23-24-25-27-29-31-33-39(43)40-37(38(42)32-30-28-26-13-11-9-7-2)36-47-48(44,45)46-35-34-41(3,4)5/h17-18,30,32,37-38,42H,6-16,19-29,31,33-36H2,1-5H3,(H-,40,43,44,45)/p+1/b18-17-,32-30+. The fraction of sp³-hybridized carbons (Fsp3) is 0.872. The van der Waals surface area contributed by atoms with Gasteiger partial charge in [-0.2, -0.15) is 0 Å². The van der Waals surface area contributed by atoms with E-state index in [2.05, 4.69) is 31.3 Å². The number of aliphatic hydroxyl groups is 1. The fourth-order valence-electron chi connectivity index (χ4n) is 5.45. The van der Waals surface area contributed by atoms with E-state index < -0.39 is 20.0 Å². The number of carbonyl (C=O) groups excluding carboxylic acids is 1. The molecule has 0 aliphatic rings. The van der Waals surface area contributed by atoms with Crippen LogP contribution in [0.15, 0.2) is 24.3 Å². The van der Waals surface area contributed by atoms with E-state index in [4.69, 9.17) is 9.05 Å². The van der Waals surface area contributed by atoms with Gasteiger partial charge < -0.3 is 19.8 Å². The second kappa shape index (κ2) is 31.9. The van der Waals surface area contributed by atoms with Crippen LogP contribution in [0.1, 0.15) is 168 Å². The average molecular weight is 702 g/mol. The number of aliphatic hydroxyl groups excluding tert-OH is 1. The van der Waals surface area contributed by atoms with Crippen LogP contribution in [0.5, 0.6) is 0 Å². The summed E-state index contributed by atoms with van der Waals surface area (Å²) in [5, 5.41) is 13.6. The molecule has 0 spiro atoms. The molecule has 48 heavy (non-hydrogen) atoms. The molecule has 0 bridgehead atoms. The van der Waals surface area contributed by atoms with Gasteiger partial charge in [0.25, 0.3) is 0 Å². The van der Waals surface area contributed by atoms with E-state index in [1.54, 1.807) is 6.08 Å². The minimum atomic E-state index is -4.32. The Hall–Kier alpha value is -1.02. The van der Waals surface area contributed by atoms with Gasteiger partial charge in [0.2, 0.25) is 5.91 Å². The smallest absolute Gasteiger partial charge is 0.387 e. The fourth-order valence-corrected chi connectivity index (χ4v) is 6.18. The van der Waals surface area contributed by atoms with Crippen LogP contribution in [0.25, 0.3) is 0 Å². The molecular weight excluding hydrogens is 623 g/mol. The van der Waals surface area contributed by atoms with Gasteiger partial charge >= 0.3 is 7.82 Å². The Balaban J connectivity index is 4.29. The number of carbonyl (C=O) groups is 1. The molecule has 0 aliphatic carbocycles. The Labute approximate surface area is 296 Å². The van der Waals surface area contributed by atoms with Crippen molar-refractivity contribution in [2.75, 3.05) is 40.9 Å². The summed E-state index contributed by atoms with van der Waals surface area (Å²) in [6, 6.07) is -0.841. The number of hydrogen-bond acceptors (Lipinski definition) is 5. The average Bonchev–Trinajstić information content (AvgIpc) is 3.02. The van der Waals surface area contributed by atoms with Gasteiger partial charge in [-0.3, -0.25) is 13.8 Å². The minimum Gasteiger partial charge on any atom is -0.387 e. The Morgan fingerprint density at radius 1 is 0.688 bits per heavy atom. The van der Waals surface area contributed by atoms with Gasteiger partial charge in [-0.15, -0.1) is 0 Å². The van der Waals surface area contributed by atoms with Crippen molar-refractivity contribution in [3.8, 4) is 0 Å². The number of phosphoric ester groups is 1. The predicted octanol–water partition coefficient (Wildman–Crippen LogP) is 10.2. The van der Waals surface area contributed by atoms with Crippen LogP contribution < -0.4 is 5.32 Å². The van der Waals surface area contributed by atoms with Crippen LogP contribution in [0.2, 0.25) is 0 Å². The van der Waals surface area contributed by atoms with Gasteiger partial charge in [0.15, 0.2) is 0 Å². The van der Waals surface area contributed by atoms with Crippen molar-refractivity contribution in [3.05, 3.63) is 24.3 Å². The first-order valence-electron chi connectivity index (χ1n) is 19.7. The highest BCUT2D eigenvalue weighted by Gasteiger charge is 2.27. The lowest BCUT2D eigenvalue weighted by Gasteiger charge is -2.25. The van der Waals surface area contributed by atoms with Crippen molar-refractivity contribution in [1.29, 1.82) is 0 Å². The molecule has 0 aromatic carbocycles. The van der Waals surface area contributed by atoms with Gasteiger partial charge in [0.05, 0.1) is 39.9 Å². The number of phosphoric acid groups is 1. The summed E-state index contributed by atoms with van der Waals surface area (Å²) in [4.78, 5) is 22.9. The van der Waals surface area contributed by atoms with E-state index in [-0.39, 0.29) is 19.1 Å². The lowest BCUT2D eigenvalue weighted by atomic mass is 10.0. The maximum absolute atomic E-state index is 12.8. The molecule has 0 radical (unpaired) electrons. The first-order valence-corrected chi connectivity index (χ1v) is 21.2. The molecule has 3 N–H and O–H groups in total. The summed E-state index contributed by atoms with van der Waals surface area (Å²) >= 11 is 0. The van der Waals surface area contributed by atoms with Crippen molar-refractivity contribution in [1.82, 2.24) is 5.32 Å². The molecule has 1 amide bonds. The van der Waals surface area contributed by atoms with Gasteiger partial charge in [-0.25, -0.2) is 4.57 Å². The maximum Gasteiger partial charge on any atom is 0.472 e. The maximum atomic E-state index is 12.8. The number of allylic oxidation sites excluding steroid dienone is 3. The second-order valence-corrected chi connectivity index (χ2v) is 16.1.